The Balaban J connectivity index is 1.71. The minimum Gasteiger partial charge on any atom is -0.481 e. The number of amides is 2. The Hall–Kier alpha value is -1.26. The summed E-state index contributed by atoms with van der Waals surface area (Å²) < 4.78 is 0. The number of carboxylic acids is 1. The van der Waals surface area contributed by atoms with Gasteiger partial charge in [0.2, 0.25) is 0 Å². The lowest BCUT2D eigenvalue weighted by atomic mass is 9.98. The van der Waals surface area contributed by atoms with Crippen molar-refractivity contribution in [3.8, 4) is 0 Å². The summed E-state index contributed by atoms with van der Waals surface area (Å²) in [5.41, 5.74) is 0. The van der Waals surface area contributed by atoms with Crippen molar-refractivity contribution in [2.45, 2.75) is 51.5 Å². The molecule has 0 bridgehead atoms. The van der Waals surface area contributed by atoms with Gasteiger partial charge in [-0.2, -0.15) is 0 Å². The molecule has 0 aromatic carbocycles. The highest BCUT2D eigenvalue weighted by Crippen LogP contribution is 2.34. The number of carboxylic acid groups (broad SMARTS) is 1. The standard InChI is InChI=1S/C14H24N2O3/c1-9-3-2-4-11(9)8-15-14(19)16-12(7-13(17)18)10-5-6-10/h9-12H,2-8H2,1H3,(H,17,18)(H2,15,16,19). The van der Waals surface area contributed by atoms with Crippen molar-refractivity contribution in [3.63, 3.8) is 0 Å². The summed E-state index contributed by atoms with van der Waals surface area (Å²) in [6, 6.07) is -0.421. The molecule has 0 aromatic rings. The number of hydrogen-bond acceptors (Lipinski definition) is 2. The van der Waals surface area contributed by atoms with Crippen molar-refractivity contribution >= 4 is 12.0 Å². The monoisotopic (exact) mass is 268 g/mol. The number of carbonyl (C=O) groups is 2. The van der Waals surface area contributed by atoms with Crippen LogP contribution in [0.2, 0.25) is 0 Å². The molecule has 0 spiro atoms. The van der Waals surface area contributed by atoms with Gasteiger partial charge in [-0.05, 0) is 37.0 Å². The highest BCUT2D eigenvalue weighted by molar-refractivity contribution is 5.75. The molecule has 0 heterocycles. The molecule has 0 saturated heterocycles. The fourth-order valence-corrected chi connectivity index (χ4v) is 2.99. The number of nitrogens with one attached hydrogen (secondary N) is 2. The lowest BCUT2D eigenvalue weighted by Crippen LogP contribution is -2.45. The summed E-state index contributed by atoms with van der Waals surface area (Å²) in [5, 5.41) is 14.6. The van der Waals surface area contributed by atoms with Gasteiger partial charge in [-0.25, -0.2) is 4.79 Å². The minimum absolute atomic E-state index is 0.0257. The SMILES string of the molecule is CC1CCCC1CNC(=O)NC(CC(=O)O)C1CC1. The molecule has 3 unspecified atom stereocenters. The van der Waals surface area contributed by atoms with Gasteiger partial charge in [-0.15, -0.1) is 0 Å². The molecule has 2 aliphatic carbocycles. The van der Waals surface area contributed by atoms with Gasteiger partial charge in [0.15, 0.2) is 0 Å². The van der Waals surface area contributed by atoms with Crippen LogP contribution in [0.25, 0.3) is 0 Å². The van der Waals surface area contributed by atoms with Gasteiger partial charge in [0.05, 0.1) is 6.42 Å². The Morgan fingerprint density at radius 1 is 1.26 bits per heavy atom. The Kier molecular flexibility index (Phi) is 4.66. The molecule has 0 radical (unpaired) electrons. The van der Waals surface area contributed by atoms with Crippen molar-refractivity contribution in [1.29, 1.82) is 0 Å². The van der Waals surface area contributed by atoms with E-state index in [1.807, 2.05) is 0 Å². The van der Waals surface area contributed by atoms with Gasteiger partial charge in [-0.3, -0.25) is 4.79 Å². The van der Waals surface area contributed by atoms with E-state index in [1.54, 1.807) is 0 Å². The first-order valence-corrected chi connectivity index (χ1v) is 7.32. The van der Waals surface area contributed by atoms with E-state index in [0.29, 0.717) is 24.3 Å². The summed E-state index contributed by atoms with van der Waals surface area (Å²) in [7, 11) is 0. The maximum absolute atomic E-state index is 11.8. The molecule has 5 nitrogen and oxygen atoms in total. The van der Waals surface area contributed by atoms with Gasteiger partial charge in [0.1, 0.15) is 0 Å². The lowest BCUT2D eigenvalue weighted by molar-refractivity contribution is -0.137. The van der Waals surface area contributed by atoms with E-state index in [2.05, 4.69) is 17.6 Å². The summed E-state index contributed by atoms with van der Waals surface area (Å²) in [5.74, 6) is 0.761. The van der Waals surface area contributed by atoms with Crippen LogP contribution in [0.4, 0.5) is 4.79 Å². The molecule has 5 heteroatoms. The van der Waals surface area contributed by atoms with Crippen molar-refractivity contribution in [2.75, 3.05) is 6.54 Å². The Morgan fingerprint density at radius 2 is 2.00 bits per heavy atom. The first kappa shape index (κ1) is 14.2. The zero-order valence-electron chi connectivity index (χ0n) is 11.5. The van der Waals surface area contributed by atoms with Crippen LogP contribution < -0.4 is 10.6 Å². The summed E-state index contributed by atoms with van der Waals surface area (Å²) >= 11 is 0. The molecule has 2 rings (SSSR count). The fraction of sp³-hybridized carbons (Fsp3) is 0.857. The second kappa shape index (κ2) is 6.26. The van der Waals surface area contributed by atoms with Crippen LogP contribution in [0.5, 0.6) is 0 Å². The van der Waals surface area contributed by atoms with Crippen LogP contribution in [0.15, 0.2) is 0 Å². The Morgan fingerprint density at radius 3 is 2.53 bits per heavy atom. The lowest BCUT2D eigenvalue weighted by Gasteiger charge is -2.19. The molecule has 0 aromatic heterocycles. The average molecular weight is 268 g/mol. The first-order chi connectivity index (χ1) is 9.06. The van der Waals surface area contributed by atoms with E-state index in [1.165, 1.54) is 19.3 Å². The number of rotatable bonds is 6. The zero-order chi connectivity index (χ0) is 13.8. The number of aliphatic carboxylic acids is 1. The smallest absolute Gasteiger partial charge is 0.315 e. The van der Waals surface area contributed by atoms with E-state index < -0.39 is 5.97 Å². The summed E-state index contributed by atoms with van der Waals surface area (Å²) in [6.07, 6.45) is 5.76. The van der Waals surface area contributed by atoms with E-state index in [0.717, 1.165) is 12.8 Å². The summed E-state index contributed by atoms with van der Waals surface area (Å²) in [4.78, 5) is 22.6. The average Bonchev–Trinajstić information content (AvgIpc) is 3.10. The maximum Gasteiger partial charge on any atom is 0.315 e. The summed E-state index contributed by atoms with van der Waals surface area (Å²) in [6.45, 7) is 2.94. The van der Waals surface area contributed by atoms with E-state index in [-0.39, 0.29) is 18.5 Å². The molecule has 2 aliphatic rings. The highest BCUT2D eigenvalue weighted by Gasteiger charge is 2.34. The third kappa shape index (κ3) is 4.40. The minimum atomic E-state index is -0.846. The third-order valence-electron chi connectivity index (χ3n) is 4.47. The van der Waals surface area contributed by atoms with Crippen molar-refractivity contribution in [3.05, 3.63) is 0 Å². The van der Waals surface area contributed by atoms with Gasteiger partial charge < -0.3 is 15.7 Å². The molecule has 19 heavy (non-hydrogen) atoms. The first-order valence-electron chi connectivity index (χ1n) is 7.32. The van der Waals surface area contributed by atoms with Crippen LogP contribution in [0.1, 0.15) is 45.4 Å². The normalized spacial score (nSPS) is 27.8. The van der Waals surface area contributed by atoms with E-state index in [9.17, 15) is 9.59 Å². The number of urea groups is 1. The second-order valence-corrected chi connectivity index (χ2v) is 6.06. The Bertz CT molecular complexity index is 342. The zero-order valence-corrected chi connectivity index (χ0v) is 11.5. The van der Waals surface area contributed by atoms with Crippen molar-refractivity contribution in [2.24, 2.45) is 17.8 Å². The molecular formula is C14H24N2O3. The predicted molar refractivity (Wildman–Crippen MR) is 71.8 cm³/mol. The molecule has 2 saturated carbocycles. The molecule has 0 aliphatic heterocycles. The van der Waals surface area contributed by atoms with Crippen molar-refractivity contribution in [1.82, 2.24) is 10.6 Å². The van der Waals surface area contributed by atoms with Crippen LogP contribution in [-0.4, -0.2) is 29.7 Å². The molecule has 3 N–H and O–H groups in total. The van der Waals surface area contributed by atoms with Crippen LogP contribution in [0.3, 0.4) is 0 Å². The molecule has 108 valence electrons. The molecule has 2 amide bonds. The van der Waals surface area contributed by atoms with Gasteiger partial charge in [-0.1, -0.05) is 19.8 Å². The van der Waals surface area contributed by atoms with Crippen LogP contribution >= 0.6 is 0 Å². The third-order valence-corrected chi connectivity index (χ3v) is 4.47. The maximum atomic E-state index is 11.8. The van der Waals surface area contributed by atoms with E-state index >= 15 is 0 Å². The van der Waals surface area contributed by atoms with Gasteiger partial charge in [0, 0.05) is 12.6 Å². The second-order valence-electron chi connectivity index (χ2n) is 6.06. The molecule has 3 atom stereocenters. The van der Waals surface area contributed by atoms with Crippen LogP contribution in [-0.2, 0) is 4.79 Å². The molecular weight excluding hydrogens is 244 g/mol. The number of carbonyl (C=O) groups excluding carboxylic acids is 1. The highest BCUT2D eigenvalue weighted by atomic mass is 16.4. The van der Waals surface area contributed by atoms with Crippen molar-refractivity contribution < 1.29 is 14.7 Å². The van der Waals surface area contributed by atoms with E-state index in [4.69, 9.17) is 5.11 Å². The Labute approximate surface area is 114 Å². The predicted octanol–water partition coefficient (Wildman–Crippen LogP) is 1.98. The largest absolute Gasteiger partial charge is 0.481 e. The van der Waals surface area contributed by atoms with Gasteiger partial charge in [0.25, 0.3) is 0 Å². The van der Waals surface area contributed by atoms with Crippen LogP contribution in [0, 0.1) is 17.8 Å². The quantitative estimate of drug-likeness (QED) is 0.689. The topological polar surface area (TPSA) is 78.4 Å². The fourth-order valence-electron chi connectivity index (χ4n) is 2.99. The van der Waals surface area contributed by atoms with Gasteiger partial charge >= 0.3 is 12.0 Å². The molecule has 2 fully saturated rings. The number of hydrogen-bond donors (Lipinski definition) is 3.